The van der Waals surface area contributed by atoms with Gasteiger partial charge in [0.2, 0.25) is 0 Å². The lowest BCUT2D eigenvalue weighted by Gasteiger charge is -2.11. The van der Waals surface area contributed by atoms with Crippen LogP contribution in [0.4, 0.5) is 0 Å². The van der Waals surface area contributed by atoms with Gasteiger partial charge in [0.25, 0.3) is 0 Å². The van der Waals surface area contributed by atoms with E-state index in [-0.39, 0.29) is 8.80 Å². The summed E-state index contributed by atoms with van der Waals surface area (Å²) < 4.78 is 12.3. The van der Waals surface area contributed by atoms with Crippen molar-refractivity contribution in [3.05, 3.63) is 58.1 Å². The third kappa shape index (κ3) is 5.62. The van der Waals surface area contributed by atoms with E-state index in [2.05, 4.69) is 54.9 Å². The molecule has 0 aromatic heterocycles. The van der Waals surface area contributed by atoms with Crippen LogP contribution in [0.25, 0.3) is 0 Å². The largest absolute Gasteiger partial charge is 0.494 e. The molecule has 141 valence electrons. The smallest absolute Gasteiger partial charge is 0.123 e. The molecule has 0 N–H and O–H groups in total. The van der Waals surface area contributed by atoms with Crippen molar-refractivity contribution in [2.24, 2.45) is 0 Å². The molecule has 1 atom stereocenters. The lowest BCUT2D eigenvalue weighted by molar-refractivity contribution is 0.338. The average molecular weight is 434 g/mol. The van der Waals surface area contributed by atoms with E-state index >= 15 is 0 Å². The molecule has 0 spiro atoms. The van der Waals surface area contributed by atoms with Crippen LogP contribution in [-0.2, 0) is 0 Å². The molecule has 0 saturated carbocycles. The molecule has 1 aliphatic rings. The first-order valence-corrected chi connectivity index (χ1v) is 12.5. The summed E-state index contributed by atoms with van der Waals surface area (Å²) in [4.78, 5) is 0. The minimum Gasteiger partial charge on any atom is -0.494 e. The van der Waals surface area contributed by atoms with Crippen molar-refractivity contribution in [1.82, 2.24) is 0 Å². The van der Waals surface area contributed by atoms with Crippen LogP contribution in [0.15, 0.2) is 46.9 Å². The zero-order valence-electron chi connectivity index (χ0n) is 16.3. The third-order valence-electron chi connectivity index (χ3n) is 4.85. The highest BCUT2D eigenvalue weighted by Crippen LogP contribution is 2.39. The summed E-state index contributed by atoms with van der Waals surface area (Å²) in [5.74, 6) is 2.21. The van der Waals surface area contributed by atoms with E-state index in [4.69, 9.17) is 9.47 Å². The zero-order chi connectivity index (χ0) is 18.9. The Morgan fingerprint density at radius 2 is 1.65 bits per heavy atom. The van der Waals surface area contributed by atoms with Crippen LogP contribution in [0.3, 0.4) is 0 Å². The van der Waals surface area contributed by atoms with E-state index in [9.17, 15) is 0 Å². The molecular formula is C22H30BrO2Si. The van der Waals surface area contributed by atoms with Gasteiger partial charge in [0.1, 0.15) is 11.5 Å². The molecule has 2 nitrogen and oxygen atoms in total. The minimum atomic E-state index is 0.137. The topological polar surface area (TPSA) is 18.5 Å². The number of fused-ring (bicyclic) bond motifs is 1. The van der Waals surface area contributed by atoms with Gasteiger partial charge in [0.15, 0.2) is 0 Å². The molecule has 2 aromatic rings. The quantitative estimate of drug-likeness (QED) is 0.460. The van der Waals surface area contributed by atoms with E-state index in [0.717, 1.165) is 16.0 Å². The molecule has 0 amide bonds. The summed E-state index contributed by atoms with van der Waals surface area (Å²) in [7, 11) is 0.137. The maximum atomic E-state index is 5.75. The second-order valence-corrected chi connectivity index (χ2v) is 10.9. The fourth-order valence-corrected chi connectivity index (χ4v) is 5.05. The zero-order valence-corrected chi connectivity index (χ0v) is 18.9. The van der Waals surface area contributed by atoms with Crippen LogP contribution < -0.4 is 9.47 Å². The highest BCUT2D eigenvalue weighted by atomic mass is 79.9. The van der Waals surface area contributed by atoms with Gasteiger partial charge in [-0.05, 0) is 42.8 Å². The normalized spacial score (nSPS) is 15.1. The van der Waals surface area contributed by atoms with Crippen molar-refractivity contribution in [1.29, 1.82) is 0 Å². The number of rotatable bonds is 6. The van der Waals surface area contributed by atoms with Gasteiger partial charge >= 0.3 is 0 Å². The first-order valence-electron chi connectivity index (χ1n) is 9.61. The Labute approximate surface area is 168 Å². The lowest BCUT2D eigenvalue weighted by Crippen LogP contribution is -2.04. The Morgan fingerprint density at radius 3 is 2.19 bits per heavy atom. The molecule has 1 aliphatic heterocycles. The minimum absolute atomic E-state index is 0.137. The van der Waals surface area contributed by atoms with Gasteiger partial charge < -0.3 is 9.47 Å². The number of halogens is 1. The molecule has 0 fully saturated rings. The van der Waals surface area contributed by atoms with Crippen LogP contribution in [0.1, 0.15) is 44.7 Å². The average Bonchev–Trinajstić information content (AvgIpc) is 3.08. The van der Waals surface area contributed by atoms with Crippen molar-refractivity contribution in [3.63, 3.8) is 0 Å². The second kappa shape index (κ2) is 10.8. The monoisotopic (exact) mass is 433 g/mol. The van der Waals surface area contributed by atoms with E-state index in [0.29, 0.717) is 19.1 Å². The Morgan fingerprint density at radius 1 is 1.00 bits per heavy atom. The highest BCUT2D eigenvalue weighted by molar-refractivity contribution is 9.10. The second-order valence-electron chi connectivity index (χ2n) is 6.36. The SMILES string of the molecule is CCOc1ccc(C2COc3ccc(Br)cc32)cc1.CC[Si](CC)CC. The molecule has 4 heteroatoms. The molecule has 1 radical (unpaired) electrons. The number of benzene rings is 2. The number of hydrogen-bond acceptors (Lipinski definition) is 2. The molecule has 1 unspecified atom stereocenters. The Kier molecular flexibility index (Phi) is 8.73. The lowest BCUT2D eigenvalue weighted by atomic mass is 9.93. The molecule has 0 saturated heterocycles. The predicted octanol–water partition coefficient (Wildman–Crippen LogP) is 6.91. The summed E-state index contributed by atoms with van der Waals surface area (Å²) in [5.41, 5.74) is 2.51. The molecule has 1 heterocycles. The predicted molar refractivity (Wildman–Crippen MR) is 116 cm³/mol. The standard InChI is InChI=1S/C16H15BrO2.C6H15Si/c1-2-18-13-6-3-11(4-7-13)15-10-19-16-8-5-12(17)9-14(15)16;1-4-7(5-2)6-3/h3-9,15H,2,10H2,1H3;4-6H2,1-3H3. The van der Waals surface area contributed by atoms with E-state index in [1.165, 1.54) is 29.3 Å². The van der Waals surface area contributed by atoms with Gasteiger partial charge in [-0.15, -0.1) is 0 Å². The molecule has 3 rings (SSSR count). The number of hydrogen-bond donors (Lipinski definition) is 0. The molecule has 26 heavy (non-hydrogen) atoms. The Bertz CT molecular complexity index is 663. The van der Waals surface area contributed by atoms with Crippen molar-refractivity contribution >= 4 is 24.7 Å². The van der Waals surface area contributed by atoms with E-state index in [1.54, 1.807) is 0 Å². The summed E-state index contributed by atoms with van der Waals surface area (Å²) in [6, 6.07) is 18.8. The first kappa shape index (κ1) is 21.0. The summed E-state index contributed by atoms with van der Waals surface area (Å²) >= 11 is 3.52. The third-order valence-corrected chi connectivity index (χ3v) is 8.34. The first-order chi connectivity index (χ1) is 12.6. The molecular weight excluding hydrogens is 404 g/mol. The van der Waals surface area contributed by atoms with Gasteiger partial charge in [0, 0.05) is 24.8 Å². The molecule has 0 bridgehead atoms. The van der Waals surface area contributed by atoms with Crippen LogP contribution in [0.2, 0.25) is 18.1 Å². The van der Waals surface area contributed by atoms with E-state index < -0.39 is 0 Å². The Balaban J connectivity index is 0.000000298. The maximum absolute atomic E-state index is 5.75. The van der Waals surface area contributed by atoms with Crippen molar-refractivity contribution in [3.8, 4) is 11.5 Å². The van der Waals surface area contributed by atoms with Gasteiger partial charge in [-0.1, -0.05) is 67.0 Å². The van der Waals surface area contributed by atoms with Crippen molar-refractivity contribution < 1.29 is 9.47 Å². The maximum Gasteiger partial charge on any atom is 0.123 e. The van der Waals surface area contributed by atoms with Gasteiger partial charge in [-0.2, -0.15) is 0 Å². The van der Waals surface area contributed by atoms with Crippen molar-refractivity contribution in [2.45, 2.75) is 51.7 Å². The fraction of sp³-hybridized carbons (Fsp3) is 0.455. The van der Waals surface area contributed by atoms with Gasteiger partial charge in [-0.25, -0.2) is 0 Å². The van der Waals surface area contributed by atoms with E-state index in [1.807, 2.05) is 31.2 Å². The summed E-state index contributed by atoms with van der Waals surface area (Å²) in [6.45, 7) is 10.3. The molecule has 2 aromatic carbocycles. The Hall–Kier alpha value is -1.26. The van der Waals surface area contributed by atoms with Crippen LogP contribution in [-0.4, -0.2) is 22.0 Å². The molecule has 0 aliphatic carbocycles. The number of ether oxygens (including phenoxy) is 2. The van der Waals surface area contributed by atoms with Crippen molar-refractivity contribution in [2.75, 3.05) is 13.2 Å². The fourth-order valence-electron chi connectivity index (χ4n) is 3.17. The summed E-state index contributed by atoms with van der Waals surface area (Å²) in [6.07, 6.45) is 0. The van der Waals surface area contributed by atoms with Gasteiger partial charge in [-0.3, -0.25) is 0 Å². The summed E-state index contributed by atoms with van der Waals surface area (Å²) in [5, 5.41) is 0. The van der Waals surface area contributed by atoms with Gasteiger partial charge in [0.05, 0.1) is 13.2 Å². The van der Waals surface area contributed by atoms with Crippen LogP contribution >= 0.6 is 15.9 Å². The van der Waals surface area contributed by atoms with Crippen LogP contribution in [0.5, 0.6) is 11.5 Å². The highest BCUT2D eigenvalue weighted by Gasteiger charge is 2.25. The van der Waals surface area contributed by atoms with Crippen LogP contribution in [0, 0.1) is 0 Å².